The molecule has 27 heavy (non-hydrogen) atoms. The van der Waals surface area contributed by atoms with Gasteiger partial charge in [0, 0.05) is 32.3 Å². The van der Waals surface area contributed by atoms with E-state index in [4.69, 9.17) is 14.2 Å². The van der Waals surface area contributed by atoms with Crippen LogP contribution in [0.15, 0.2) is 30.3 Å². The van der Waals surface area contributed by atoms with Gasteiger partial charge in [0.05, 0.1) is 6.54 Å². The summed E-state index contributed by atoms with van der Waals surface area (Å²) < 4.78 is 16.6. The largest absolute Gasteiger partial charge is 0.471 e. The molecule has 0 N–H and O–H groups in total. The second kappa shape index (κ2) is 7.30. The van der Waals surface area contributed by atoms with Crippen molar-refractivity contribution in [3.63, 3.8) is 0 Å². The van der Waals surface area contributed by atoms with Crippen LogP contribution in [0.5, 0.6) is 17.4 Å². The highest BCUT2D eigenvalue weighted by Crippen LogP contribution is 2.33. The van der Waals surface area contributed by atoms with Gasteiger partial charge < -0.3 is 24.0 Å². The first-order valence-corrected chi connectivity index (χ1v) is 8.97. The van der Waals surface area contributed by atoms with Crippen molar-refractivity contribution in [3.05, 3.63) is 35.9 Å². The van der Waals surface area contributed by atoms with Gasteiger partial charge in [-0.1, -0.05) is 0 Å². The highest BCUT2D eigenvalue weighted by atomic mass is 16.7. The highest BCUT2D eigenvalue weighted by Gasteiger charge is 2.27. The fourth-order valence-electron chi connectivity index (χ4n) is 3.22. The quantitative estimate of drug-likeness (QED) is 0.814. The first kappa shape index (κ1) is 17.4. The predicted molar refractivity (Wildman–Crippen MR) is 98.5 cm³/mol. The Labute approximate surface area is 157 Å². The topological polar surface area (TPSA) is 77.0 Å². The second-order valence-corrected chi connectivity index (χ2v) is 6.83. The van der Waals surface area contributed by atoms with E-state index < -0.39 is 0 Å². The summed E-state index contributed by atoms with van der Waals surface area (Å²) in [4.78, 5) is 16.5. The van der Waals surface area contributed by atoms with E-state index >= 15 is 0 Å². The van der Waals surface area contributed by atoms with Crippen LogP contribution in [0, 0.1) is 0 Å². The van der Waals surface area contributed by atoms with Gasteiger partial charge in [-0.05, 0) is 37.1 Å². The average Bonchev–Trinajstić information content (AvgIpc) is 3.16. The number of amides is 1. The van der Waals surface area contributed by atoms with Crippen molar-refractivity contribution >= 4 is 11.7 Å². The molecule has 0 saturated carbocycles. The third kappa shape index (κ3) is 3.74. The number of benzene rings is 1. The molecule has 1 aromatic heterocycles. The molecule has 2 aliphatic heterocycles. The molecular weight excluding hydrogens is 348 g/mol. The van der Waals surface area contributed by atoms with Crippen molar-refractivity contribution in [1.82, 2.24) is 15.1 Å². The molecule has 1 aromatic carbocycles. The van der Waals surface area contributed by atoms with Crippen LogP contribution < -0.4 is 19.1 Å². The lowest BCUT2D eigenvalue weighted by atomic mass is 10.1. The molecule has 142 valence electrons. The van der Waals surface area contributed by atoms with E-state index in [9.17, 15) is 4.79 Å². The van der Waals surface area contributed by atoms with Gasteiger partial charge in [-0.2, -0.15) is 0 Å². The van der Waals surface area contributed by atoms with E-state index in [0.717, 1.165) is 18.7 Å². The van der Waals surface area contributed by atoms with Gasteiger partial charge in [0.15, 0.2) is 17.3 Å². The van der Waals surface area contributed by atoms with Crippen molar-refractivity contribution in [3.8, 4) is 17.4 Å². The number of fused-ring (bicyclic) bond motifs is 1. The van der Waals surface area contributed by atoms with E-state index in [2.05, 4.69) is 10.2 Å². The van der Waals surface area contributed by atoms with E-state index in [-0.39, 0.29) is 18.8 Å². The number of nitrogens with zero attached hydrogens (tertiary/aromatic N) is 4. The van der Waals surface area contributed by atoms with E-state index in [1.54, 1.807) is 24.3 Å². The molecule has 1 saturated heterocycles. The SMILES string of the molecule is CN(C)c1ccc(OC2CCCN(C(=O)c3ccc4c(c3)OCO4)C2)nn1. The minimum absolute atomic E-state index is 0.0318. The number of rotatable bonds is 4. The smallest absolute Gasteiger partial charge is 0.254 e. The van der Waals surface area contributed by atoms with Gasteiger partial charge in [-0.3, -0.25) is 4.79 Å². The summed E-state index contributed by atoms with van der Waals surface area (Å²) in [6, 6.07) is 8.95. The molecule has 2 aliphatic rings. The summed E-state index contributed by atoms with van der Waals surface area (Å²) in [5.41, 5.74) is 0.593. The average molecular weight is 370 g/mol. The maximum Gasteiger partial charge on any atom is 0.254 e. The van der Waals surface area contributed by atoms with Crippen LogP contribution in [-0.2, 0) is 0 Å². The van der Waals surface area contributed by atoms with E-state index in [1.807, 2.05) is 30.0 Å². The van der Waals surface area contributed by atoms with E-state index in [1.165, 1.54) is 0 Å². The van der Waals surface area contributed by atoms with Crippen LogP contribution >= 0.6 is 0 Å². The van der Waals surface area contributed by atoms with Gasteiger partial charge in [0.1, 0.15) is 6.10 Å². The van der Waals surface area contributed by atoms with Crippen LogP contribution in [0.25, 0.3) is 0 Å². The first-order chi connectivity index (χ1) is 13.1. The molecule has 1 atom stereocenters. The molecule has 1 fully saturated rings. The molecule has 3 heterocycles. The Kier molecular flexibility index (Phi) is 4.70. The minimum Gasteiger partial charge on any atom is -0.471 e. The number of piperidine rings is 1. The summed E-state index contributed by atoms with van der Waals surface area (Å²) in [5.74, 6) is 2.50. The lowest BCUT2D eigenvalue weighted by Crippen LogP contribution is -2.44. The minimum atomic E-state index is -0.101. The molecular formula is C19H22N4O4. The van der Waals surface area contributed by atoms with Gasteiger partial charge in [-0.15, -0.1) is 10.2 Å². The third-order valence-electron chi connectivity index (χ3n) is 4.66. The predicted octanol–water partition coefficient (Wildman–Crippen LogP) is 1.95. The van der Waals surface area contributed by atoms with Gasteiger partial charge in [0.2, 0.25) is 12.7 Å². The van der Waals surface area contributed by atoms with E-state index in [0.29, 0.717) is 36.0 Å². The maximum absolute atomic E-state index is 12.9. The Morgan fingerprint density at radius 3 is 2.81 bits per heavy atom. The highest BCUT2D eigenvalue weighted by molar-refractivity contribution is 5.95. The van der Waals surface area contributed by atoms with Crippen molar-refractivity contribution in [1.29, 1.82) is 0 Å². The summed E-state index contributed by atoms with van der Waals surface area (Å²) in [6.07, 6.45) is 1.66. The molecule has 0 spiro atoms. The Morgan fingerprint density at radius 2 is 2.04 bits per heavy atom. The Bertz CT molecular complexity index is 825. The molecule has 2 aromatic rings. The number of likely N-dealkylation sites (tertiary alicyclic amines) is 1. The number of aromatic nitrogens is 2. The molecule has 1 amide bonds. The number of ether oxygens (including phenoxy) is 3. The zero-order chi connectivity index (χ0) is 18.8. The molecule has 8 nitrogen and oxygen atoms in total. The van der Waals surface area contributed by atoms with Crippen LogP contribution in [-0.4, -0.2) is 61.1 Å². The zero-order valence-corrected chi connectivity index (χ0v) is 15.4. The van der Waals surface area contributed by atoms with Crippen LogP contribution in [0.3, 0.4) is 0 Å². The summed E-state index contributed by atoms with van der Waals surface area (Å²) in [5, 5.41) is 8.24. The Morgan fingerprint density at radius 1 is 1.19 bits per heavy atom. The number of anilines is 1. The Balaban J connectivity index is 1.41. The molecule has 0 aliphatic carbocycles. The maximum atomic E-state index is 12.9. The molecule has 0 radical (unpaired) electrons. The summed E-state index contributed by atoms with van der Waals surface area (Å²) >= 11 is 0. The lowest BCUT2D eigenvalue weighted by molar-refractivity contribution is 0.0525. The van der Waals surface area contributed by atoms with Crippen LogP contribution in [0.4, 0.5) is 5.82 Å². The molecule has 4 rings (SSSR count). The fraction of sp³-hybridized carbons (Fsp3) is 0.421. The van der Waals surface area contributed by atoms with Gasteiger partial charge in [0.25, 0.3) is 5.91 Å². The zero-order valence-electron chi connectivity index (χ0n) is 15.4. The number of carbonyl (C=O) groups is 1. The monoisotopic (exact) mass is 370 g/mol. The molecule has 0 bridgehead atoms. The number of hydrogen-bond donors (Lipinski definition) is 0. The van der Waals surface area contributed by atoms with Gasteiger partial charge in [-0.25, -0.2) is 0 Å². The summed E-state index contributed by atoms with van der Waals surface area (Å²) in [7, 11) is 3.82. The third-order valence-corrected chi connectivity index (χ3v) is 4.66. The van der Waals surface area contributed by atoms with Crippen LogP contribution in [0.1, 0.15) is 23.2 Å². The Hall–Kier alpha value is -3.03. The fourth-order valence-corrected chi connectivity index (χ4v) is 3.22. The summed E-state index contributed by atoms with van der Waals surface area (Å²) in [6.45, 7) is 1.42. The first-order valence-electron chi connectivity index (χ1n) is 8.97. The van der Waals surface area contributed by atoms with Crippen LogP contribution in [0.2, 0.25) is 0 Å². The lowest BCUT2D eigenvalue weighted by Gasteiger charge is -2.32. The number of hydrogen-bond acceptors (Lipinski definition) is 7. The second-order valence-electron chi connectivity index (χ2n) is 6.83. The van der Waals surface area contributed by atoms with Gasteiger partial charge >= 0.3 is 0 Å². The number of carbonyl (C=O) groups excluding carboxylic acids is 1. The molecule has 8 heteroatoms. The van der Waals surface area contributed by atoms with Crippen molar-refractivity contribution in [2.75, 3.05) is 38.9 Å². The normalized spacial score (nSPS) is 18.3. The van der Waals surface area contributed by atoms with Crippen molar-refractivity contribution in [2.45, 2.75) is 18.9 Å². The standard InChI is InChI=1S/C19H22N4O4/c1-22(2)17-7-8-18(21-20-17)27-14-4-3-9-23(11-14)19(24)13-5-6-15-16(10-13)26-12-25-15/h5-8,10,14H,3-4,9,11-12H2,1-2H3. The van der Waals surface area contributed by atoms with Crippen molar-refractivity contribution < 1.29 is 19.0 Å². The molecule has 1 unspecified atom stereocenters. The van der Waals surface area contributed by atoms with Crippen molar-refractivity contribution in [2.24, 2.45) is 0 Å².